The van der Waals surface area contributed by atoms with E-state index in [0.717, 1.165) is 17.1 Å². The summed E-state index contributed by atoms with van der Waals surface area (Å²) >= 11 is 6.16. The van der Waals surface area contributed by atoms with E-state index in [4.69, 9.17) is 16.3 Å². The molecule has 0 aliphatic rings. The zero-order valence-electron chi connectivity index (χ0n) is 15.0. The van der Waals surface area contributed by atoms with Crippen LogP contribution in [0.5, 0.6) is 0 Å². The predicted octanol–water partition coefficient (Wildman–Crippen LogP) is 3.21. The molecule has 1 N–H and O–H groups in total. The van der Waals surface area contributed by atoms with Crippen LogP contribution in [0, 0.1) is 13.8 Å². The third kappa shape index (κ3) is 4.39. The standard InChI is InChI=1S/C18H22ClN3O3/c1-10(2)20-17(23)13(5)25-18(24)14-6-8-15(9-7-14)22-12(4)16(19)11(3)21-22/h6-10,13H,1-5H3,(H,20,23). The van der Waals surface area contributed by atoms with Gasteiger partial charge in [0.1, 0.15) is 0 Å². The van der Waals surface area contributed by atoms with E-state index in [9.17, 15) is 9.59 Å². The van der Waals surface area contributed by atoms with Gasteiger partial charge in [-0.25, -0.2) is 9.48 Å². The van der Waals surface area contributed by atoms with Crippen molar-refractivity contribution in [2.24, 2.45) is 0 Å². The van der Waals surface area contributed by atoms with Gasteiger partial charge >= 0.3 is 5.97 Å². The van der Waals surface area contributed by atoms with Gasteiger partial charge in [0.15, 0.2) is 6.10 Å². The Kier molecular flexibility index (Phi) is 5.85. The summed E-state index contributed by atoms with van der Waals surface area (Å²) in [4.78, 5) is 24.0. The molecule has 1 heterocycles. The molecule has 2 rings (SSSR count). The molecule has 1 unspecified atom stereocenters. The van der Waals surface area contributed by atoms with Crippen molar-refractivity contribution in [3.8, 4) is 5.69 Å². The van der Waals surface area contributed by atoms with E-state index in [2.05, 4.69) is 10.4 Å². The molecule has 0 fully saturated rings. The van der Waals surface area contributed by atoms with Gasteiger partial charge in [0.2, 0.25) is 0 Å². The van der Waals surface area contributed by atoms with Gasteiger partial charge in [0.25, 0.3) is 5.91 Å². The molecule has 0 radical (unpaired) electrons. The number of ether oxygens (including phenoxy) is 1. The normalized spacial score (nSPS) is 12.1. The molecule has 1 aromatic heterocycles. The molecule has 6 nitrogen and oxygen atoms in total. The molecule has 0 saturated carbocycles. The van der Waals surface area contributed by atoms with E-state index in [1.54, 1.807) is 35.9 Å². The third-order valence-corrected chi connectivity index (χ3v) is 4.18. The lowest BCUT2D eigenvalue weighted by Gasteiger charge is -2.15. The van der Waals surface area contributed by atoms with Gasteiger partial charge in [0, 0.05) is 6.04 Å². The highest BCUT2D eigenvalue weighted by Crippen LogP contribution is 2.22. The zero-order chi connectivity index (χ0) is 18.7. The maximum absolute atomic E-state index is 12.2. The first-order valence-electron chi connectivity index (χ1n) is 8.04. The molecular formula is C18H22ClN3O3. The molecule has 0 saturated heterocycles. The van der Waals surface area contributed by atoms with Crippen LogP contribution < -0.4 is 5.32 Å². The van der Waals surface area contributed by atoms with Gasteiger partial charge in [-0.2, -0.15) is 5.10 Å². The first kappa shape index (κ1) is 19.0. The molecule has 2 aromatic rings. The fourth-order valence-corrected chi connectivity index (χ4v) is 2.42. The lowest BCUT2D eigenvalue weighted by molar-refractivity contribution is -0.129. The molecular weight excluding hydrogens is 342 g/mol. The van der Waals surface area contributed by atoms with Crippen LogP contribution in [0.2, 0.25) is 5.02 Å². The number of hydrogen-bond acceptors (Lipinski definition) is 4. The Labute approximate surface area is 152 Å². The molecule has 0 spiro atoms. The van der Waals surface area contributed by atoms with Crippen LogP contribution in [0.25, 0.3) is 5.69 Å². The molecule has 1 amide bonds. The first-order valence-corrected chi connectivity index (χ1v) is 8.42. The third-order valence-electron chi connectivity index (χ3n) is 3.63. The first-order chi connectivity index (χ1) is 11.7. The van der Waals surface area contributed by atoms with Crippen LogP contribution in [0.4, 0.5) is 0 Å². The average molecular weight is 364 g/mol. The zero-order valence-corrected chi connectivity index (χ0v) is 15.7. The Hall–Kier alpha value is -2.34. The van der Waals surface area contributed by atoms with E-state index in [0.29, 0.717) is 10.6 Å². The number of rotatable bonds is 5. The average Bonchev–Trinajstić information content (AvgIpc) is 2.81. The van der Waals surface area contributed by atoms with Crippen LogP contribution in [-0.4, -0.2) is 33.8 Å². The Morgan fingerprint density at radius 1 is 1.16 bits per heavy atom. The minimum atomic E-state index is -0.857. The van der Waals surface area contributed by atoms with Crippen molar-refractivity contribution in [3.05, 3.63) is 46.2 Å². The largest absolute Gasteiger partial charge is 0.449 e. The minimum Gasteiger partial charge on any atom is -0.449 e. The quantitative estimate of drug-likeness (QED) is 0.828. The number of hydrogen-bond donors (Lipinski definition) is 1. The topological polar surface area (TPSA) is 73.2 Å². The monoisotopic (exact) mass is 363 g/mol. The van der Waals surface area contributed by atoms with Gasteiger partial charge in [-0.15, -0.1) is 0 Å². The number of carbonyl (C=O) groups is 2. The van der Waals surface area contributed by atoms with Gasteiger partial charge < -0.3 is 10.1 Å². The number of amides is 1. The fraction of sp³-hybridized carbons (Fsp3) is 0.389. The smallest absolute Gasteiger partial charge is 0.338 e. The van der Waals surface area contributed by atoms with Crippen LogP contribution in [0.3, 0.4) is 0 Å². The Morgan fingerprint density at radius 3 is 2.24 bits per heavy atom. The number of carbonyl (C=O) groups excluding carboxylic acids is 2. The number of benzene rings is 1. The fourth-order valence-electron chi connectivity index (χ4n) is 2.30. The molecule has 1 atom stereocenters. The van der Waals surface area contributed by atoms with Gasteiger partial charge in [0.05, 0.1) is 27.7 Å². The second-order valence-electron chi connectivity index (χ2n) is 6.15. The van der Waals surface area contributed by atoms with Crippen LogP contribution in [0.15, 0.2) is 24.3 Å². The number of aromatic nitrogens is 2. The minimum absolute atomic E-state index is 0.0134. The lowest BCUT2D eigenvalue weighted by atomic mass is 10.2. The SMILES string of the molecule is Cc1nn(-c2ccc(C(=O)OC(C)C(=O)NC(C)C)cc2)c(C)c1Cl. The van der Waals surface area contributed by atoms with Crippen molar-refractivity contribution in [1.29, 1.82) is 0 Å². The molecule has 25 heavy (non-hydrogen) atoms. The maximum Gasteiger partial charge on any atom is 0.338 e. The van der Waals surface area contributed by atoms with Crippen molar-refractivity contribution in [1.82, 2.24) is 15.1 Å². The van der Waals surface area contributed by atoms with Gasteiger partial charge in [-0.3, -0.25) is 4.79 Å². The summed E-state index contributed by atoms with van der Waals surface area (Å²) in [5.74, 6) is -0.874. The molecule has 0 aliphatic heterocycles. The molecule has 7 heteroatoms. The summed E-state index contributed by atoms with van der Waals surface area (Å²) in [6.07, 6.45) is -0.857. The summed E-state index contributed by atoms with van der Waals surface area (Å²) in [6.45, 7) is 8.94. The lowest BCUT2D eigenvalue weighted by Crippen LogP contribution is -2.39. The van der Waals surface area contributed by atoms with E-state index < -0.39 is 12.1 Å². The summed E-state index contributed by atoms with van der Waals surface area (Å²) in [6, 6.07) is 6.76. The molecule has 1 aromatic carbocycles. The maximum atomic E-state index is 12.2. The van der Waals surface area contributed by atoms with Crippen molar-refractivity contribution in [3.63, 3.8) is 0 Å². The van der Waals surface area contributed by atoms with Crippen LogP contribution in [0.1, 0.15) is 42.5 Å². The number of halogens is 1. The second-order valence-corrected chi connectivity index (χ2v) is 6.53. The Morgan fingerprint density at radius 2 is 1.76 bits per heavy atom. The Bertz CT molecular complexity index is 782. The summed E-state index contributed by atoms with van der Waals surface area (Å²) < 4.78 is 6.91. The number of nitrogens with zero attached hydrogens (tertiary/aromatic N) is 2. The predicted molar refractivity (Wildman–Crippen MR) is 96.2 cm³/mol. The van der Waals surface area contributed by atoms with Crippen molar-refractivity contribution in [2.45, 2.75) is 46.8 Å². The molecule has 0 bridgehead atoms. The summed E-state index contributed by atoms with van der Waals surface area (Å²) in [5.41, 5.74) is 2.72. The highest BCUT2D eigenvalue weighted by molar-refractivity contribution is 6.31. The van der Waals surface area contributed by atoms with E-state index in [-0.39, 0.29) is 11.9 Å². The van der Waals surface area contributed by atoms with Crippen LogP contribution in [-0.2, 0) is 9.53 Å². The second kappa shape index (κ2) is 7.70. The number of aryl methyl sites for hydroxylation is 1. The van der Waals surface area contributed by atoms with Crippen LogP contribution >= 0.6 is 11.6 Å². The Balaban J connectivity index is 2.10. The number of nitrogens with one attached hydrogen (secondary N) is 1. The van der Waals surface area contributed by atoms with E-state index >= 15 is 0 Å². The summed E-state index contributed by atoms with van der Waals surface area (Å²) in [5, 5.41) is 7.69. The van der Waals surface area contributed by atoms with Gasteiger partial charge in [-0.05, 0) is 58.9 Å². The van der Waals surface area contributed by atoms with Crippen molar-refractivity contribution in [2.75, 3.05) is 0 Å². The van der Waals surface area contributed by atoms with E-state index in [1.807, 2.05) is 27.7 Å². The van der Waals surface area contributed by atoms with Gasteiger partial charge in [-0.1, -0.05) is 11.6 Å². The van der Waals surface area contributed by atoms with Crippen molar-refractivity contribution < 1.29 is 14.3 Å². The van der Waals surface area contributed by atoms with E-state index in [1.165, 1.54) is 0 Å². The highest BCUT2D eigenvalue weighted by Gasteiger charge is 2.19. The van der Waals surface area contributed by atoms with Crippen molar-refractivity contribution >= 4 is 23.5 Å². The number of esters is 1. The molecule has 0 aliphatic carbocycles. The molecule has 134 valence electrons. The summed E-state index contributed by atoms with van der Waals surface area (Å²) in [7, 11) is 0. The highest BCUT2D eigenvalue weighted by atomic mass is 35.5.